The molecule has 0 radical (unpaired) electrons. The van der Waals surface area contributed by atoms with Crippen LogP contribution in [-0.2, 0) is 32.6 Å². The Hall–Kier alpha value is -3.56. The topological polar surface area (TPSA) is 86.8 Å². The summed E-state index contributed by atoms with van der Waals surface area (Å²) in [5, 5.41) is 3.82. The van der Waals surface area contributed by atoms with Crippen LogP contribution in [0.5, 0.6) is 0 Å². The van der Waals surface area contributed by atoms with E-state index in [0.29, 0.717) is 27.7 Å². The van der Waals surface area contributed by atoms with E-state index in [1.165, 1.54) is 17.0 Å². The van der Waals surface area contributed by atoms with Gasteiger partial charge in [0.2, 0.25) is 11.8 Å². The van der Waals surface area contributed by atoms with E-state index in [1.54, 1.807) is 62.4 Å². The normalized spacial score (nSPS) is 12.0. The maximum absolute atomic E-state index is 14.5. The SMILES string of the molecule is CCNC(=O)[C@H](Cc1ccccc1)N(Cc1ccc(Cl)c(Cl)c1)C(=O)CN(c1cccc(Cl)c1C)S(=O)(=O)c1ccc(C)cc1. The molecule has 1 atom stereocenters. The first kappa shape index (κ1) is 34.3. The summed E-state index contributed by atoms with van der Waals surface area (Å²) in [7, 11) is -4.25. The third-order valence-electron chi connectivity index (χ3n) is 7.35. The van der Waals surface area contributed by atoms with Crippen molar-refractivity contribution in [2.75, 3.05) is 17.4 Å². The number of halogens is 3. The van der Waals surface area contributed by atoms with E-state index < -0.39 is 28.5 Å². The zero-order chi connectivity index (χ0) is 32.7. The minimum atomic E-state index is -4.25. The largest absolute Gasteiger partial charge is 0.355 e. The van der Waals surface area contributed by atoms with Crippen molar-refractivity contribution in [3.05, 3.63) is 128 Å². The molecule has 4 aromatic carbocycles. The Labute approximate surface area is 279 Å². The van der Waals surface area contributed by atoms with E-state index in [0.717, 1.165) is 15.4 Å². The molecule has 0 fully saturated rings. The average Bonchev–Trinajstić information content (AvgIpc) is 3.01. The third kappa shape index (κ3) is 8.38. The fourth-order valence-corrected chi connectivity index (χ4v) is 6.86. The Morgan fingerprint density at radius 2 is 1.49 bits per heavy atom. The van der Waals surface area contributed by atoms with Crippen LogP contribution < -0.4 is 9.62 Å². The molecule has 1 N–H and O–H groups in total. The highest BCUT2D eigenvalue weighted by Crippen LogP contribution is 2.32. The van der Waals surface area contributed by atoms with Crippen LogP contribution in [0.1, 0.15) is 29.2 Å². The highest BCUT2D eigenvalue weighted by Gasteiger charge is 2.35. The lowest BCUT2D eigenvalue weighted by Gasteiger charge is -2.34. The van der Waals surface area contributed by atoms with Crippen molar-refractivity contribution >= 4 is 62.3 Å². The zero-order valence-electron chi connectivity index (χ0n) is 25.1. The molecule has 0 unspecified atom stereocenters. The molecule has 236 valence electrons. The van der Waals surface area contributed by atoms with E-state index in [4.69, 9.17) is 34.8 Å². The number of nitrogens with zero attached hydrogens (tertiary/aromatic N) is 2. The molecule has 7 nitrogen and oxygen atoms in total. The van der Waals surface area contributed by atoms with Gasteiger partial charge in [0.15, 0.2) is 0 Å². The molecule has 0 bridgehead atoms. The molecule has 0 aliphatic carbocycles. The summed E-state index contributed by atoms with van der Waals surface area (Å²) in [6.07, 6.45) is 0.195. The van der Waals surface area contributed by atoms with Gasteiger partial charge in [0.05, 0.1) is 20.6 Å². The van der Waals surface area contributed by atoms with Crippen LogP contribution in [0.25, 0.3) is 0 Å². The van der Waals surface area contributed by atoms with Gasteiger partial charge in [-0.15, -0.1) is 0 Å². The standard InChI is InChI=1S/C34H34Cl3N3O4S/c1-4-38-34(42)32(20-25-9-6-5-7-10-25)39(21-26-15-18-29(36)30(37)19-26)33(41)22-40(31-12-8-11-28(35)24(31)3)45(43,44)27-16-13-23(2)14-17-27/h5-19,32H,4,20-22H2,1-3H3,(H,38,42)/t32-/m0/s1. The van der Waals surface area contributed by atoms with Crippen LogP contribution in [0.2, 0.25) is 15.1 Å². The lowest BCUT2D eigenvalue weighted by Crippen LogP contribution is -2.53. The van der Waals surface area contributed by atoms with Gasteiger partial charge in [0, 0.05) is 24.5 Å². The lowest BCUT2D eigenvalue weighted by atomic mass is 10.0. The fraction of sp³-hybridized carbons (Fsp3) is 0.235. The van der Waals surface area contributed by atoms with E-state index in [9.17, 15) is 18.0 Å². The first-order valence-corrected chi connectivity index (χ1v) is 16.9. The molecule has 0 saturated carbocycles. The summed E-state index contributed by atoms with van der Waals surface area (Å²) in [4.78, 5) is 29.5. The highest BCUT2D eigenvalue weighted by molar-refractivity contribution is 7.92. The fourth-order valence-electron chi connectivity index (χ4n) is 4.90. The summed E-state index contributed by atoms with van der Waals surface area (Å²) in [5.74, 6) is -0.968. The van der Waals surface area contributed by atoms with E-state index in [2.05, 4.69) is 5.32 Å². The molecule has 4 rings (SSSR count). The van der Waals surface area contributed by atoms with Gasteiger partial charge in [-0.1, -0.05) is 95.0 Å². The monoisotopic (exact) mass is 685 g/mol. The Balaban J connectivity index is 1.84. The number of benzene rings is 4. The molecule has 45 heavy (non-hydrogen) atoms. The zero-order valence-corrected chi connectivity index (χ0v) is 28.2. The van der Waals surface area contributed by atoms with Crippen molar-refractivity contribution in [1.29, 1.82) is 0 Å². The van der Waals surface area contributed by atoms with Crippen molar-refractivity contribution in [1.82, 2.24) is 10.2 Å². The molecule has 0 aliphatic heterocycles. The molecule has 0 heterocycles. The second kappa shape index (κ2) is 15.1. The van der Waals surface area contributed by atoms with Crippen LogP contribution in [0.4, 0.5) is 5.69 Å². The Morgan fingerprint density at radius 1 is 0.800 bits per heavy atom. The third-order valence-corrected chi connectivity index (χ3v) is 10.3. The number of sulfonamides is 1. The molecular weight excluding hydrogens is 653 g/mol. The highest BCUT2D eigenvalue weighted by atomic mass is 35.5. The Bertz CT molecular complexity index is 1770. The molecule has 0 spiro atoms. The number of aryl methyl sites for hydroxylation is 1. The van der Waals surface area contributed by atoms with Crippen LogP contribution in [-0.4, -0.2) is 44.3 Å². The predicted octanol–water partition coefficient (Wildman–Crippen LogP) is 7.24. The lowest BCUT2D eigenvalue weighted by molar-refractivity contribution is -0.140. The number of hydrogen-bond donors (Lipinski definition) is 1. The number of rotatable bonds is 12. The number of carbonyl (C=O) groups is 2. The molecule has 2 amide bonds. The Morgan fingerprint density at radius 3 is 2.13 bits per heavy atom. The van der Waals surface area contributed by atoms with Crippen molar-refractivity contribution in [2.45, 2.75) is 44.7 Å². The molecule has 11 heteroatoms. The van der Waals surface area contributed by atoms with Gasteiger partial charge >= 0.3 is 0 Å². The van der Waals surface area contributed by atoms with Crippen molar-refractivity contribution in [2.24, 2.45) is 0 Å². The number of nitrogens with one attached hydrogen (secondary N) is 1. The number of carbonyl (C=O) groups excluding carboxylic acids is 2. The first-order chi connectivity index (χ1) is 21.4. The summed E-state index contributed by atoms with van der Waals surface area (Å²) < 4.78 is 29.5. The first-order valence-electron chi connectivity index (χ1n) is 14.3. The van der Waals surface area contributed by atoms with Crippen LogP contribution >= 0.6 is 34.8 Å². The quantitative estimate of drug-likeness (QED) is 0.170. The van der Waals surface area contributed by atoms with Crippen molar-refractivity contribution in [3.8, 4) is 0 Å². The van der Waals surface area contributed by atoms with Crippen LogP contribution in [0.3, 0.4) is 0 Å². The van der Waals surface area contributed by atoms with Gasteiger partial charge in [-0.3, -0.25) is 13.9 Å². The minimum Gasteiger partial charge on any atom is -0.355 e. The smallest absolute Gasteiger partial charge is 0.264 e. The minimum absolute atomic E-state index is 0.0147. The average molecular weight is 687 g/mol. The summed E-state index contributed by atoms with van der Waals surface area (Å²) in [6, 6.07) is 24.6. The molecular formula is C34H34Cl3N3O4S. The number of anilines is 1. The van der Waals surface area contributed by atoms with E-state index >= 15 is 0 Å². The summed E-state index contributed by atoms with van der Waals surface area (Å²) >= 11 is 18.9. The van der Waals surface area contributed by atoms with Crippen LogP contribution in [0.15, 0.2) is 95.9 Å². The number of likely N-dealkylation sites (N-methyl/N-ethyl adjacent to an activating group) is 1. The molecule has 0 saturated heterocycles. The summed E-state index contributed by atoms with van der Waals surface area (Å²) in [6.45, 7) is 5.06. The number of hydrogen-bond acceptors (Lipinski definition) is 4. The van der Waals surface area contributed by atoms with Crippen LogP contribution in [0, 0.1) is 13.8 Å². The van der Waals surface area contributed by atoms with Gasteiger partial charge < -0.3 is 10.2 Å². The second-order valence-corrected chi connectivity index (χ2v) is 13.7. The molecule has 4 aromatic rings. The van der Waals surface area contributed by atoms with Gasteiger partial charge in [-0.05, 0) is 73.9 Å². The maximum Gasteiger partial charge on any atom is 0.264 e. The van der Waals surface area contributed by atoms with Gasteiger partial charge in [0.25, 0.3) is 10.0 Å². The molecule has 0 aliphatic rings. The van der Waals surface area contributed by atoms with Crippen molar-refractivity contribution < 1.29 is 18.0 Å². The molecule has 0 aromatic heterocycles. The van der Waals surface area contributed by atoms with Crippen molar-refractivity contribution in [3.63, 3.8) is 0 Å². The van der Waals surface area contributed by atoms with Gasteiger partial charge in [-0.25, -0.2) is 8.42 Å². The predicted molar refractivity (Wildman–Crippen MR) is 182 cm³/mol. The second-order valence-electron chi connectivity index (χ2n) is 10.6. The number of amides is 2. The van der Waals surface area contributed by atoms with E-state index in [-0.39, 0.29) is 34.5 Å². The maximum atomic E-state index is 14.5. The summed E-state index contributed by atoms with van der Waals surface area (Å²) in [5.41, 5.74) is 3.07. The Kier molecular flexibility index (Phi) is 11.6. The van der Waals surface area contributed by atoms with Gasteiger partial charge in [0.1, 0.15) is 12.6 Å². The van der Waals surface area contributed by atoms with E-state index in [1.807, 2.05) is 37.3 Å². The van der Waals surface area contributed by atoms with Gasteiger partial charge in [-0.2, -0.15) is 0 Å².